The SMILES string of the molecule is O=C([O-])CCC[n+]1ccccc1OCCOc1cccc[n+]1CCCC(=O)[O-]. The van der Waals surface area contributed by atoms with Crippen molar-refractivity contribution in [1.29, 1.82) is 0 Å². The first kappa shape index (κ1) is 21.1. The van der Waals surface area contributed by atoms with Crippen LogP contribution in [0.2, 0.25) is 0 Å². The van der Waals surface area contributed by atoms with E-state index in [2.05, 4.69) is 0 Å². The molecule has 0 aliphatic heterocycles. The Labute approximate surface area is 163 Å². The highest BCUT2D eigenvalue weighted by Gasteiger charge is 2.13. The molecule has 0 bridgehead atoms. The number of aryl methyl sites for hydroxylation is 2. The first-order chi connectivity index (χ1) is 13.6. The number of rotatable bonds is 13. The molecule has 8 nitrogen and oxygen atoms in total. The van der Waals surface area contributed by atoms with Gasteiger partial charge in [-0.2, -0.15) is 9.13 Å². The van der Waals surface area contributed by atoms with Crippen LogP contribution in [0.5, 0.6) is 11.8 Å². The predicted octanol–water partition coefficient (Wildman–Crippen LogP) is -1.22. The van der Waals surface area contributed by atoms with E-state index in [0.29, 0.717) is 50.9 Å². The van der Waals surface area contributed by atoms with Gasteiger partial charge >= 0.3 is 11.8 Å². The van der Waals surface area contributed by atoms with Crippen LogP contribution >= 0.6 is 0 Å². The third-order valence-electron chi connectivity index (χ3n) is 3.94. The fraction of sp³-hybridized carbons (Fsp3) is 0.400. The van der Waals surface area contributed by atoms with E-state index < -0.39 is 11.9 Å². The lowest BCUT2D eigenvalue weighted by Crippen LogP contribution is -2.38. The van der Waals surface area contributed by atoms with Gasteiger partial charge in [-0.05, 0) is 25.0 Å². The van der Waals surface area contributed by atoms with Crippen LogP contribution in [0.15, 0.2) is 48.8 Å². The van der Waals surface area contributed by atoms with E-state index in [4.69, 9.17) is 9.47 Å². The molecule has 2 aromatic rings. The van der Waals surface area contributed by atoms with Crippen LogP contribution in [-0.4, -0.2) is 25.2 Å². The van der Waals surface area contributed by atoms with Gasteiger partial charge in [-0.3, -0.25) is 0 Å². The zero-order valence-electron chi connectivity index (χ0n) is 15.6. The van der Waals surface area contributed by atoms with Crippen molar-refractivity contribution < 1.29 is 38.4 Å². The second kappa shape index (κ2) is 11.5. The number of carbonyl (C=O) groups is 2. The van der Waals surface area contributed by atoms with Crippen molar-refractivity contribution >= 4 is 11.9 Å². The van der Waals surface area contributed by atoms with Gasteiger partial charge in [0.1, 0.15) is 13.2 Å². The lowest BCUT2D eigenvalue weighted by atomic mass is 10.3. The summed E-state index contributed by atoms with van der Waals surface area (Å²) in [5, 5.41) is 21.1. The normalized spacial score (nSPS) is 10.4. The first-order valence-electron chi connectivity index (χ1n) is 9.18. The minimum Gasteiger partial charge on any atom is -0.550 e. The molecule has 0 atom stereocenters. The third-order valence-corrected chi connectivity index (χ3v) is 3.94. The Morgan fingerprint density at radius 1 is 0.750 bits per heavy atom. The monoisotopic (exact) mass is 388 g/mol. The molecule has 2 heterocycles. The highest BCUT2D eigenvalue weighted by molar-refractivity contribution is 5.64. The second-order valence-electron chi connectivity index (χ2n) is 6.11. The van der Waals surface area contributed by atoms with Gasteiger partial charge in [0.25, 0.3) is 0 Å². The summed E-state index contributed by atoms with van der Waals surface area (Å²) in [5.74, 6) is -0.884. The average molecular weight is 388 g/mol. The lowest BCUT2D eigenvalue weighted by Gasteiger charge is -2.08. The average Bonchev–Trinajstić information content (AvgIpc) is 2.67. The summed E-state index contributed by atoms with van der Waals surface area (Å²) in [5.41, 5.74) is 0. The summed E-state index contributed by atoms with van der Waals surface area (Å²) in [6, 6.07) is 11.0. The number of nitrogens with zero attached hydrogens (tertiary/aromatic N) is 2. The fourth-order valence-electron chi connectivity index (χ4n) is 2.63. The Kier molecular flexibility index (Phi) is 8.71. The predicted molar refractivity (Wildman–Crippen MR) is 92.7 cm³/mol. The fourth-order valence-corrected chi connectivity index (χ4v) is 2.63. The van der Waals surface area contributed by atoms with Gasteiger partial charge in [-0.1, -0.05) is 0 Å². The largest absolute Gasteiger partial charge is 0.550 e. The second-order valence-corrected chi connectivity index (χ2v) is 6.11. The summed E-state index contributed by atoms with van der Waals surface area (Å²) in [4.78, 5) is 21.1. The maximum atomic E-state index is 10.5. The number of hydrogen-bond donors (Lipinski definition) is 0. The van der Waals surface area contributed by atoms with Gasteiger partial charge in [-0.15, -0.1) is 0 Å². The highest BCUT2D eigenvalue weighted by atomic mass is 16.5. The molecule has 0 spiro atoms. The third kappa shape index (κ3) is 7.61. The van der Waals surface area contributed by atoms with Gasteiger partial charge in [-0.25, -0.2) is 0 Å². The van der Waals surface area contributed by atoms with Crippen molar-refractivity contribution in [3.8, 4) is 11.8 Å². The number of carboxylic acids is 2. The molecule has 0 aliphatic rings. The number of aromatic nitrogens is 2. The van der Waals surface area contributed by atoms with Crippen molar-refractivity contribution in [2.24, 2.45) is 0 Å². The van der Waals surface area contributed by atoms with E-state index in [1.165, 1.54) is 0 Å². The molecule has 0 saturated heterocycles. The Morgan fingerprint density at radius 2 is 1.18 bits per heavy atom. The molecule has 2 rings (SSSR count). The van der Waals surface area contributed by atoms with Crippen LogP contribution in [0, 0.1) is 0 Å². The minimum absolute atomic E-state index is 0.00358. The molecule has 28 heavy (non-hydrogen) atoms. The molecular formula is C20H24N2O6. The van der Waals surface area contributed by atoms with E-state index in [0.717, 1.165) is 0 Å². The summed E-state index contributed by atoms with van der Waals surface area (Å²) in [6.45, 7) is 1.64. The van der Waals surface area contributed by atoms with Gasteiger partial charge in [0.15, 0.2) is 25.5 Å². The molecule has 0 saturated carbocycles. The smallest absolute Gasteiger partial charge is 0.367 e. The number of aliphatic carboxylic acids is 2. The standard InChI is InChI=1S/C20H24N2O6/c23-19(24)9-5-13-21-11-3-1-7-17(21)27-15-16-28-18-8-2-4-12-22(18)14-6-10-20(25)26/h1-4,7-8,11-12H,5-6,9-10,13-16H2. The first-order valence-corrected chi connectivity index (χ1v) is 9.18. The van der Waals surface area contributed by atoms with Crippen LogP contribution in [0.3, 0.4) is 0 Å². The molecule has 0 aromatic carbocycles. The number of carbonyl (C=O) groups excluding carboxylic acids is 2. The van der Waals surface area contributed by atoms with Gasteiger partial charge in [0, 0.05) is 36.9 Å². The van der Waals surface area contributed by atoms with E-state index in [1.54, 1.807) is 0 Å². The molecule has 8 heteroatoms. The van der Waals surface area contributed by atoms with Crippen molar-refractivity contribution in [1.82, 2.24) is 0 Å². The summed E-state index contributed by atoms with van der Waals surface area (Å²) in [7, 11) is 0. The van der Waals surface area contributed by atoms with Crippen LogP contribution in [-0.2, 0) is 22.7 Å². The van der Waals surface area contributed by atoms with Crippen molar-refractivity contribution in [2.75, 3.05) is 13.2 Å². The van der Waals surface area contributed by atoms with Crippen LogP contribution in [0.1, 0.15) is 25.7 Å². The van der Waals surface area contributed by atoms with E-state index in [-0.39, 0.29) is 12.8 Å². The lowest BCUT2D eigenvalue weighted by molar-refractivity contribution is -0.703. The summed E-state index contributed by atoms with van der Waals surface area (Å²) < 4.78 is 15.2. The number of ether oxygens (including phenoxy) is 2. The molecule has 0 amide bonds. The summed E-state index contributed by atoms with van der Waals surface area (Å²) in [6.07, 6.45) is 4.56. The Bertz CT molecular complexity index is 715. The number of pyridine rings is 2. The zero-order valence-corrected chi connectivity index (χ0v) is 15.6. The van der Waals surface area contributed by atoms with Gasteiger partial charge in [0.05, 0.1) is 12.1 Å². The number of carboxylic acid groups (broad SMARTS) is 2. The number of hydrogen-bond acceptors (Lipinski definition) is 6. The topological polar surface area (TPSA) is 106 Å². The summed E-state index contributed by atoms with van der Waals surface area (Å²) >= 11 is 0. The highest BCUT2D eigenvalue weighted by Crippen LogP contribution is 2.05. The van der Waals surface area contributed by atoms with Crippen LogP contribution < -0.4 is 28.8 Å². The van der Waals surface area contributed by atoms with Gasteiger partial charge < -0.3 is 29.3 Å². The molecule has 150 valence electrons. The molecular weight excluding hydrogens is 364 g/mol. The van der Waals surface area contributed by atoms with Crippen molar-refractivity contribution in [3.05, 3.63) is 48.8 Å². The Morgan fingerprint density at radius 3 is 1.57 bits per heavy atom. The van der Waals surface area contributed by atoms with Gasteiger partial charge in [0.2, 0.25) is 0 Å². The molecule has 0 radical (unpaired) electrons. The van der Waals surface area contributed by atoms with Crippen molar-refractivity contribution in [3.63, 3.8) is 0 Å². The van der Waals surface area contributed by atoms with Crippen LogP contribution in [0.25, 0.3) is 0 Å². The molecule has 2 aromatic heterocycles. The maximum Gasteiger partial charge on any atom is 0.367 e. The van der Waals surface area contributed by atoms with Crippen molar-refractivity contribution in [2.45, 2.75) is 38.8 Å². The van der Waals surface area contributed by atoms with Crippen LogP contribution in [0.4, 0.5) is 0 Å². The molecule has 0 N–H and O–H groups in total. The Balaban J connectivity index is 1.82. The van der Waals surface area contributed by atoms with E-state index in [9.17, 15) is 19.8 Å². The molecule has 0 unspecified atom stereocenters. The molecule has 0 aliphatic carbocycles. The van der Waals surface area contributed by atoms with E-state index in [1.807, 2.05) is 57.9 Å². The van der Waals surface area contributed by atoms with E-state index >= 15 is 0 Å². The molecule has 0 fully saturated rings. The quantitative estimate of drug-likeness (QED) is 0.315. The minimum atomic E-state index is -1.07. The maximum absolute atomic E-state index is 10.5. The Hall–Kier alpha value is -3.16. The zero-order chi connectivity index (χ0) is 20.2.